The van der Waals surface area contributed by atoms with Crippen LogP contribution in [-0.2, 0) is 12.6 Å². The van der Waals surface area contributed by atoms with Gasteiger partial charge < -0.3 is 19.6 Å². The molecule has 1 aliphatic rings. The number of aromatic amines is 2. The number of hydrogen-bond acceptors (Lipinski definition) is 6. The highest BCUT2D eigenvalue weighted by molar-refractivity contribution is 7.10. The van der Waals surface area contributed by atoms with Crippen LogP contribution in [0.2, 0.25) is 0 Å². The van der Waals surface area contributed by atoms with Gasteiger partial charge >= 0.3 is 6.18 Å². The first-order chi connectivity index (χ1) is 18.4. The number of aryl methyl sites for hydroxylation is 1. The Bertz CT molecular complexity index is 1560. The number of halogens is 3. The molecule has 1 saturated heterocycles. The third-order valence-electron chi connectivity index (χ3n) is 6.89. The minimum absolute atomic E-state index is 0.199. The van der Waals surface area contributed by atoms with Gasteiger partial charge in [0.25, 0.3) is 0 Å². The summed E-state index contributed by atoms with van der Waals surface area (Å²) in [6, 6.07) is 13.3. The summed E-state index contributed by atoms with van der Waals surface area (Å²) in [6.07, 6.45) is -3.51. The van der Waals surface area contributed by atoms with Gasteiger partial charge in [-0.1, -0.05) is 19.1 Å². The summed E-state index contributed by atoms with van der Waals surface area (Å²) in [5.41, 5.74) is 4.76. The highest BCUT2D eigenvalue weighted by Gasteiger charge is 2.35. The highest BCUT2D eigenvalue weighted by Crippen LogP contribution is 2.33. The molecule has 1 aliphatic heterocycles. The maximum absolute atomic E-state index is 13.0. The van der Waals surface area contributed by atoms with Gasteiger partial charge in [0.2, 0.25) is 5.82 Å². The quantitative estimate of drug-likeness (QED) is 0.267. The van der Waals surface area contributed by atoms with E-state index in [2.05, 4.69) is 61.3 Å². The number of H-pyrrole nitrogens is 2. The van der Waals surface area contributed by atoms with Crippen LogP contribution in [-0.4, -0.2) is 64.2 Å². The molecule has 11 heteroatoms. The van der Waals surface area contributed by atoms with Gasteiger partial charge in [-0.05, 0) is 36.8 Å². The van der Waals surface area contributed by atoms with Crippen molar-refractivity contribution in [2.24, 2.45) is 0 Å². The third-order valence-corrected chi connectivity index (χ3v) is 7.97. The lowest BCUT2D eigenvalue weighted by Gasteiger charge is -2.36. The van der Waals surface area contributed by atoms with Crippen LogP contribution >= 0.6 is 11.3 Å². The van der Waals surface area contributed by atoms with Crippen LogP contribution < -0.4 is 9.64 Å². The van der Waals surface area contributed by atoms with E-state index < -0.39 is 12.0 Å². The number of ether oxygens (including phenoxy) is 1. The van der Waals surface area contributed by atoms with Crippen molar-refractivity contribution < 1.29 is 17.9 Å². The smallest absolute Gasteiger partial charge is 0.449 e. The summed E-state index contributed by atoms with van der Waals surface area (Å²) in [5.74, 6) is 0.235. The number of benzene rings is 2. The van der Waals surface area contributed by atoms with Crippen LogP contribution in [0.15, 0.2) is 47.8 Å². The number of aromatic nitrogens is 4. The summed E-state index contributed by atoms with van der Waals surface area (Å²) in [5, 5.41) is 2.15. The highest BCUT2D eigenvalue weighted by atomic mass is 32.1. The molecule has 0 atom stereocenters. The summed E-state index contributed by atoms with van der Waals surface area (Å²) in [6.45, 7) is 6.61. The Morgan fingerprint density at radius 1 is 0.974 bits per heavy atom. The zero-order valence-electron chi connectivity index (χ0n) is 20.8. The molecule has 198 valence electrons. The van der Waals surface area contributed by atoms with E-state index in [-0.39, 0.29) is 5.52 Å². The van der Waals surface area contributed by atoms with E-state index in [0.29, 0.717) is 24.4 Å². The average molecular weight is 541 g/mol. The molecule has 7 nitrogen and oxygen atoms in total. The number of fused-ring (bicyclic) bond motifs is 2. The number of thiophene rings is 1. The third kappa shape index (κ3) is 4.83. The maximum atomic E-state index is 13.0. The maximum Gasteiger partial charge on any atom is 0.449 e. The lowest BCUT2D eigenvalue weighted by Crippen LogP contribution is -2.47. The van der Waals surface area contributed by atoms with E-state index in [9.17, 15) is 13.2 Å². The van der Waals surface area contributed by atoms with Crippen LogP contribution in [0.4, 0.5) is 18.9 Å². The molecule has 0 radical (unpaired) electrons. The standard InChI is InChI=1S/C27H27F3N6OS/c1-2-18-15-17(16-38-18)25-31-19-5-3-7-21(23(19)33-25)36-11-9-35(10-12-36)13-14-37-22-8-4-6-20-24(22)34-26(32-20)27(28,29)30/h3-8,15-16H,2,9-14H2,1H3,(H,31,33)(H,32,34). The van der Waals surface area contributed by atoms with Crippen LogP contribution in [0.3, 0.4) is 0 Å². The number of hydrogen-bond donors (Lipinski definition) is 2. The molecule has 0 bridgehead atoms. The second kappa shape index (κ2) is 9.95. The van der Waals surface area contributed by atoms with Crippen molar-refractivity contribution in [3.05, 3.63) is 58.5 Å². The first kappa shape index (κ1) is 24.7. The Morgan fingerprint density at radius 3 is 2.47 bits per heavy atom. The second-order valence-electron chi connectivity index (χ2n) is 9.33. The van der Waals surface area contributed by atoms with Crippen molar-refractivity contribution in [2.75, 3.05) is 44.2 Å². The number of piperazine rings is 1. The van der Waals surface area contributed by atoms with Gasteiger partial charge in [-0.25, -0.2) is 9.97 Å². The monoisotopic (exact) mass is 540 g/mol. The van der Waals surface area contributed by atoms with E-state index >= 15 is 0 Å². The molecule has 2 aromatic carbocycles. The molecule has 1 fully saturated rings. The fourth-order valence-electron chi connectivity index (χ4n) is 4.85. The Kier molecular flexibility index (Phi) is 6.48. The van der Waals surface area contributed by atoms with Gasteiger partial charge in [-0.15, -0.1) is 11.3 Å². The molecular formula is C27H27F3N6OS. The zero-order chi connectivity index (χ0) is 26.3. The van der Waals surface area contributed by atoms with E-state index in [1.54, 1.807) is 29.5 Å². The zero-order valence-corrected chi connectivity index (χ0v) is 21.6. The minimum atomic E-state index is -4.53. The number of rotatable bonds is 7. The van der Waals surface area contributed by atoms with Crippen molar-refractivity contribution in [2.45, 2.75) is 19.5 Å². The molecule has 0 amide bonds. The van der Waals surface area contributed by atoms with E-state index in [1.807, 2.05) is 0 Å². The predicted molar refractivity (Wildman–Crippen MR) is 144 cm³/mol. The SMILES string of the molecule is CCc1cc(-c2nc3c(N4CCN(CCOc5cccc6[nH]c(C(F)(F)F)nc56)CC4)cccc3[nH]2)cs1. The first-order valence-electron chi connectivity index (χ1n) is 12.6. The van der Waals surface area contributed by atoms with Crippen LogP contribution in [0.5, 0.6) is 5.75 Å². The Morgan fingerprint density at radius 2 is 1.74 bits per heavy atom. The number of anilines is 1. The van der Waals surface area contributed by atoms with Gasteiger partial charge in [0, 0.05) is 48.5 Å². The number of nitrogens with zero attached hydrogens (tertiary/aromatic N) is 4. The number of nitrogens with one attached hydrogen (secondary N) is 2. The molecule has 4 heterocycles. The van der Waals surface area contributed by atoms with Crippen molar-refractivity contribution in [3.8, 4) is 17.1 Å². The second-order valence-corrected chi connectivity index (χ2v) is 10.3. The van der Waals surface area contributed by atoms with Crippen molar-refractivity contribution in [1.29, 1.82) is 0 Å². The van der Waals surface area contributed by atoms with Crippen molar-refractivity contribution >= 4 is 39.1 Å². The van der Waals surface area contributed by atoms with Gasteiger partial charge in [-0.3, -0.25) is 4.90 Å². The summed E-state index contributed by atoms with van der Waals surface area (Å²) in [4.78, 5) is 20.5. The van der Waals surface area contributed by atoms with Crippen molar-refractivity contribution in [1.82, 2.24) is 24.8 Å². The average Bonchev–Trinajstić information content (AvgIpc) is 3.66. The fraction of sp³-hybridized carbons (Fsp3) is 0.333. The molecule has 0 aliphatic carbocycles. The first-order valence-corrected chi connectivity index (χ1v) is 13.5. The van der Waals surface area contributed by atoms with Crippen LogP contribution in [0.25, 0.3) is 33.5 Å². The summed E-state index contributed by atoms with van der Waals surface area (Å²) >= 11 is 1.76. The topological polar surface area (TPSA) is 73.1 Å². The molecule has 5 aromatic rings. The molecule has 6 rings (SSSR count). The lowest BCUT2D eigenvalue weighted by molar-refractivity contribution is -0.144. The Hall–Kier alpha value is -3.57. The molecule has 2 N–H and O–H groups in total. The molecule has 38 heavy (non-hydrogen) atoms. The van der Waals surface area contributed by atoms with Gasteiger partial charge in [-0.2, -0.15) is 13.2 Å². The molecule has 0 unspecified atom stereocenters. The Balaban J connectivity index is 1.08. The molecular weight excluding hydrogens is 513 g/mol. The van der Waals surface area contributed by atoms with E-state index in [1.165, 1.54) is 4.88 Å². The molecule has 3 aromatic heterocycles. The van der Waals surface area contributed by atoms with Crippen LogP contribution in [0.1, 0.15) is 17.6 Å². The summed E-state index contributed by atoms with van der Waals surface area (Å²) in [7, 11) is 0. The number of para-hydroxylation sites is 2. The lowest BCUT2D eigenvalue weighted by atomic mass is 10.2. The van der Waals surface area contributed by atoms with Gasteiger partial charge in [0.1, 0.15) is 29.2 Å². The van der Waals surface area contributed by atoms with E-state index in [4.69, 9.17) is 9.72 Å². The molecule has 0 spiro atoms. The van der Waals surface area contributed by atoms with Gasteiger partial charge in [0.15, 0.2) is 0 Å². The normalized spacial score (nSPS) is 15.1. The van der Waals surface area contributed by atoms with Crippen molar-refractivity contribution in [3.63, 3.8) is 0 Å². The van der Waals surface area contributed by atoms with Gasteiger partial charge in [0.05, 0.1) is 16.7 Å². The fourth-order valence-corrected chi connectivity index (χ4v) is 5.67. The minimum Gasteiger partial charge on any atom is -0.490 e. The largest absolute Gasteiger partial charge is 0.490 e. The Labute approximate surface area is 221 Å². The number of alkyl halides is 3. The number of imidazole rings is 2. The van der Waals surface area contributed by atoms with Crippen LogP contribution in [0, 0.1) is 0 Å². The summed E-state index contributed by atoms with van der Waals surface area (Å²) < 4.78 is 45.0. The van der Waals surface area contributed by atoms with E-state index in [0.717, 1.165) is 60.7 Å². The molecule has 0 saturated carbocycles. The predicted octanol–water partition coefficient (Wildman–Crippen LogP) is 5.95.